The fourth-order valence-corrected chi connectivity index (χ4v) is 3.13. The van der Waals surface area contributed by atoms with Crippen molar-refractivity contribution >= 4 is 27.3 Å². The second kappa shape index (κ2) is 7.80. The first-order chi connectivity index (χ1) is 9.43. The molecule has 0 aliphatic carbocycles. The van der Waals surface area contributed by atoms with Gasteiger partial charge in [-0.1, -0.05) is 11.6 Å². The first-order valence-corrected chi connectivity index (χ1v) is 7.78. The molecule has 0 spiro atoms. The van der Waals surface area contributed by atoms with Crippen molar-refractivity contribution in [3.63, 3.8) is 0 Å². The van der Waals surface area contributed by atoms with Crippen molar-refractivity contribution in [3.8, 4) is 0 Å². The Morgan fingerprint density at radius 2 is 1.75 bits per heavy atom. The highest BCUT2D eigenvalue weighted by Gasteiger charge is 2.24. The highest BCUT2D eigenvalue weighted by atomic mass is 35.5. The Hall–Kier alpha value is -0.860. The summed E-state index contributed by atoms with van der Waals surface area (Å²) in [6.07, 6.45) is 0. The number of nitrogens with zero attached hydrogens (tertiary/aromatic N) is 1. The van der Waals surface area contributed by atoms with Crippen LogP contribution in [0.15, 0.2) is 23.1 Å². The molecule has 1 aromatic rings. The number of benzene rings is 1. The first-order valence-electron chi connectivity index (χ1n) is 5.96. The van der Waals surface area contributed by atoms with E-state index in [0.29, 0.717) is 18.2 Å². The lowest BCUT2D eigenvalue weighted by Crippen LogP contribution is -2.36. The number of nitrogen functional groups attached to an aromatic ring is 1. The third-order valence-corrected chi connectivity index (χ3v) is 4.93. The molecule has 1 rings (SSSR count). The molecule has 0 atom stereocenters. The van der Waals surface area contributed by atoms with Crippen LogP contribution in [0, 0.1) is 0 Å². The second-order valence-corrected chi connectivity index (χ2v) is 6.42. The molecule has 0 aromatic heterocycles. The van der Waals surface area contributed by atoms with Gasteiger partial charge in [-0.05, 0) is 18.2 Å². The van der Waals surface area contributed by atoms with Gasteiger partial charge in [0.25, 0.3) is 0 Å². The number of hydrogen-bond acceptors (Lipinski definition) is 5. The molecule has 0 saturated heterocycles. The maximum Gasteiger partial charge on any atom is 0.243 e. The van der Waals surface area contributed by atoms with Crippen molar-refractivity contribution < 1.29 is 17.9 Å². The lowest BCUT2D eigenvalue weighted by Gasteiger charge is -2.21. The van der Waals surface area contributed by atoms with E-state index in [1.54, 1.807) is 0 Å². The van der Waals surface area contributed by atoms with Gasteiger partial charge in [0.15, 0.2) is 0 Å². The summed E-state index contributed by atoms with van der Waals surface area (Å²) in [5.41, 5.74) is 5.88. The molecule has 0 radical (unpaired) electrons. The molecular weight excluding hydrogens is 304 g/mol. The van der Waals surface area contributed by atoms with Gasteiger partial charge in [-0.3, -0.25) is 0 Å². The van der Waals surface area contributed by atoms with E-state index in [9.17, 15) is 8.42 Å². The van der Waals surface area contributed by atoms with Crippen molar-refractivity contribution in [2.75, 3.05) is 46.3 Å². The standard InChI is InChI=1S/C12H19ClN2O4S/c1-18-7-5-15(6-8-19-2)20(16,17)10-3-4-11(13)12(14)9-10/h3-4,9H,5-8,14H2,1-2H3. The topological polar surface area (TPSA) is 81.9 Å². The molecule has 0 saturated carbocycles. The normalized spacial score (nSPS) is 12.0. The van der Waals surface area contributed by atoms with Crippen molar-refractivity contribution in [2.24, 2.45) is 0 Å². The molecule has 8 heteroatoms. The minimum atomic E-state index is -3.65. The molecule has 0 heterocycles. The molecule has 0 fully saturated rings. The quantitative estimate of drug-likeness (QED) is 0.727. The van der Waals surface area contributed by atoms with Gasteiger partial charge in [-0.15, -0.1) is 0 Å². The van der Waals surface area contributed by atoms with Gasteiger partial charge in [0.2, 0.25) is 10.0 Å². The summed E-state index contributed by atoms with van der Waals surface area (Å²) in [4.78, 5) is 0.103. The van der Waals surface area contributed by atoms with Crippen LogP contribution in [0.1, 0.15) is 0 Å². The van der Waals surface area contributed by atoms with Crippen LogP contribution in [0.4, 0.5) is 5.69 Å². The van der Waals surface area contributed by atoms with Crippen LogP contribution in [-0.2, 0) is 19.5 Å². The maximum absolute atomic E-state index is 12.5. The molecule has 0 bridgehead atoms. The van der Waals surface area contributed by atoms with E-state index in [4.69, 9.17) is 26.8 Å². The Balaban J connectivity index is 3.03. The SMILES string of the molecule is COCCN(CCOC)S(=O)(=O)c1ccc(Cl)c(N)c1. The first kappa shape index (κ1) is 17.2. The number of halogens is 1. The van der Waals surface area contributed by atoms with Gasteiger partial charge in [0.1, 0.15) is 0 Å². The minimum absolute atomic E-state index is 0.103. The van der Waals surface area contributed by atoms with Crippen molar-refractivity contribution in [1.82, 2.24) is 4.31 Å². The zero-order valence-electron chi connectivity index (χ0n) is 11.5. The van der Waals surface area contributed by atoms with E-state index in [1.807, 2.05) is 0 Å². The van der Waals surface area contributed by atoms with Gasteiger partial charge in [-0.2, -0.15) is 4.31 Å². The number of anilines is 1. The molecule has 0 aliphatic rings. The monoisotopic (exact) mass is 322 g/mol. The molecule has 0 aliphatic heterocycles. The van der Waals surface area contributed by atoms with Crippen molar-refractivity contribution in [3.05, 3.63) is 23.2 Å². The van der Waals surface area contributed by atoms with Gasteiger partial charge in [0, 0.05) is 27.3 Å². The van der Waals surface area contributed by atoms with Crippen LogP contribution >= 0.6 is 11.6 Å². The highest BCUT2D eigenvalue weighted by Crippen LogP contribution is 2.24. The number of sulfonamides is 1. The molecular formula is C12H19ClN2O4S. The molecule has 0 unspecified atom stereocenters. The van der Waals surface area contributed by atoms with E-state index in [0.717, 1.165) is 0 Å². The number of nitrogens with two attached hydrogens (primary N) is 1. The summed E-state index contributed by atoms with van der Waals surface area (Å²) in [6.45, 7) is 1.08. The Bertz CT molecular complexity index is 528. The Labute approximate surface area is 124 Å². The molecule has 20 heavy (non-hydrogen) atoms. The molecule has 0 amide bonds. The highest BCUT2D eigenvalue weighted by molar-refractivity contribution is 7.89. The van der Waals surface area contributed by atoms with Gasteiger partial charge >= 0.3 is 0 Å². The summed E-state index contributed by atoms with van der Waals surface area (Å²) in [5, 5.41) is 0.323. The molecule has 1 aromatic carbocycles. The zero-order valence-corrected chi connectivity index (χ0v) is 13.1. The number of ether oxygens (including phenoxy) is 2. The van der Waals surface area contributed by atoms with Gasteiger partial charge in [-0.25, -0.2) is 8.42 Å². The minimum Gasteiger partial charge on any atom is -0.397 e. The predicted molar refractivity (Wildman–Crippen MR) is 78.4 cm³/mol. The van der Waals surface area contributed by atoms with Crippen LogP contribution in [0.3, 0.4) is 0 Å². The average molecular weight is 323 g/mol. The Kier molecular flexibility index (Phi) is 6.70. The summed E-state index contributed by atoms with van der Waals surface area (Å²) in [7, 11) is -0.620. The number of hydrogen-bond donors (Lipinski definition) is 1. The lowest BCUT2D eigenvalue weighted by atomic mass is 10.3. The largest absolute Gasteiger partial charge is 0.397 e. The average Bonchev–Trinajstić information content (AvgIpc) is 2.41. The van der Waals surface area contributed by atoms with E-state index >= 15 is 0 Å². The van der Waals surface area contributed by atoms with E-state index in [-0.39, 0.29) is 23.7 Å². The molecule has 2 N–H and O–H groups in total. The summed E-state index contributed by atoms with van der Waals surface area (Å²) >= 11 is 5.80. The number of rotatable bonds is 8. The summed E-state index contributed by atoms with van der Waals surface area (Å²) in [6, 6.07) is 4.25. The fraction of sp³-hybridized carbons (Fsp3) is 0.500. The lowest BCUT2D eigenvalue weighted by molar-refractivity contribution is 0.150. The third-order valence-electron chi connectivity index (χ3n) is 2.69. The summed E-state index contributed by atoms with van der Waals surface area (Å²) in [5.74, 6) is 0. The third kappa shape index (κ3) is 4.32. The van der Waals surface area contributed by atoms with Crippen LogP contribution in [0.5, 0.6) is 0 Å². The van der Waals surface area contributed by atoms with E-state index in [2.05, 4.69) is 0 Å². The number of methoxy groups -OCH3 is 2. The summed E-state index contributed by atoms with van der Waals surface area (Å²) < 4.78 is 36.2. The Morgan fingerprint density at radius 3 is 2.20 bits per heavy atom. The maximum atomic E-state index is 12.5. The van der Waals surface area contributed by atoms with Crippen molar-refractivity contribution in [1.29, 1.82) is 0 Å². The van der Waals surface area contributed by atoms with Crippen LogP contribution in [-0.4, -0.2) is 53.2 Å². The van der Waals surface area contributed by atoms with Crippen LogP contribution in [0.25, 0.3) is 0 Å². The smallest absolute Gasteiger partial charge is 0.243 e. The van der Waals surface area contributed by atoms with Crippen molar-refractivity contribution in [2.45, 2.75) is 4.90 Å². The van der Waals surface area contributed by atoms with Crippen LogP contribution < -0.4 is 5.73 Å². The predicted octanol–water partition coefficient (Wildman–Crippen LogP) is 1.21. The second-order valence-electron chi connectivity index (χ2n) is 4.07. The molecule has 114 valence electrons. The van der Waals surface area contributed by atoms with Gasteiger partial charge < -0.3 is 15.2 Å². The van der Waals surface area contributed by atoms with E-state index in [1.165, 1.54) is 36.7 Å². The van der Waals surface area contributed by atoms with Gasteiger partial charge in [0.05, 0.1) is 28.8 Å². The van der Waals surface area contributed by atoms with E-state index < -0.39 is 10.0 Å². The Morgan fingerprint density at radius 1 is 1.20 bits per heavy atom. The molecule has 6 nitrogen and oxygen atoms in total. The zero-order chi connectivity index (χ0) is 15.2. The van der Waals surface area contributed by atoms with Crippen LogP contribution in [0.2, 0.25) is 5.02 Å². The fourth-order valence-electron chi connectivity index (χ4n) is 1.57.